The first-order valence-corrected chi connectivity index (χ1v) is 27.6. The first-order chi connectivity index (χ1) is 32.5. The molecule has 0 aromatic heterocycles. The number of hydrogen-bond acceptors (Lipinski definition) is 5. The van der Waals surface area contributed by atoms with Gasteiger partial charge in [-0.3, -0.25) is 13.8 Å². The van der Waals surface area contributed by atoms with Crippen molar-refractivity contribution in [2.24, 2.45) is 0 Å². The number of aliphatic hydroxyl groups is 1. The van der Waals surface area contributed by atoms with Crippen molar-refractivity contribution in [2.45, 2.75) is 187 Å². The molecule has 0 bridgehead atoms. The summed E-state index contributed by atoms with van der Waals surface area (Å²) in [6.45, 7) is 4.51. The number of amides is 1. The van der Waals surface area contributed by atoms with E-state index in [9.17, 15) is 19.4 Å². The zero-order valence-electron chi connectivity index (χ0n) is 43.1. The molecule has 380 valence electrons. The second-order valence-corrected chi connectivity index (χ2v) is 19.6. The molecule has 3 unspecified atom stereocenters. The fraction of sp³-hybridized carbons (Fsp3) is 0.603. The molecule has 0 aliphatic carbocycles. The zero-order valence-corrected chi connectivity index (χ0v) is 44.0. The number of likely N-dealkylation sites (N-methyl/N-ethyl adjacent to an activating group) is 1. The third-order valence-electron chi connectivity index (χ3n) is 10.6. The molecule has 0 aromatic carbocycles. The van der Waals surface area contributed by atoms with Gasteiger partial charge in [0.1, 0.15) is 13.2 Å². The number of nitrogens with one attached hydrogen (secondary N) is 1. The standard InChI is InChI=1S/C58H97N2O6P/c1-6-8-10-12-14-16-18-19-20-21-22-23-24-25-26-27-28-29-30-31-32-33-34-35-36-37-38-39-40-41-42-44-46-48-50-52-58(62)59-56(55-66-67(63,64)65-54-53-60(3,4)5)57(61)51-49-47-45-43-17-15-13-11-9-7-2/h8-11,14,16-17,19-20,22-23,25-26,28-29,31-32,34-35,43,49,51,56-57,61H,6-7,12-13,15,18,21,24,27,30,33,36-42,44-48,50,52-55H2,1-5H3,(H-,59,62,63,64)/p+1/b10-8-,11-9+,16-14-,20-19-,23-22-,26-25-,29-28-,32-31-,35-34-,43-17+,51-49+. The van der Waals surface area contributed by atoms with Gasteiger partial charge in [-0.05, 0) is 103 Å². The number of rotatable bonds is 45. The molecule has 0 saturated heterocycles. The topological polar surface area (TPSA) is 105 Å². The van der Waals surface area contributed by atoms with Crippen LogP contribution < -0.4 is 5.32 Å². The second kappa shape index (κ2) is 47.7. The average Bonchev–Trinajstić information content (AvgIpc) is 3.29. The average molecular weight is 950 g/mol. The van der Waals surface area contributed by atoms with Crippen molar-refractivity contribution in [3.8, 4) is 0 Å². The molecule has 0 aliphatic rings. The minimum absolute atomic E-state index is 0.0454. The SMILES string of the molecule is CC/C=C\C/C=C\C/C=C\C/C=C\C/C=C\C/C=C\C/C=C\C/C=C\CCCCCCCCCCCCC(=O)NC(COP(=O)(O)OCC[N+](C)(C)C)C(O)/C=C/CC/C=C/CC/C=C/CC. The van der Waals surface area contributed by atoms with E-state index in [4.69, 9.17) is 9.05 Å². The number of hydrogen-bond donors (Lipinski definition) is 3. The highest BCUT2D eigenvalue weighted by Crippen LogP contribution is 2.43. The molecule has 0 spiro atoms. The summed E-state index contributed by atoms with van der Waals surface area (Å²) in [6, 6.07) is -0.879. The summed E-state index contributed by atoms with van der Waals surface area (Å²) in [6.07, 6.45) is 72.8. The summed E-state index contributed by atoms with van der Waals surface area (Å²) in [4.78, 5) is 23.1. The van der Waals surface area contributed by atoms with Gasteiger partial charge in [0.25, 0.3) is 0 Å². The number of aliphatic hydroxyl groups excluding tert-OH is 1. The highest BCUT2D eigenvalue weighted by Gasteiger charge is 2.27. The van der Waals surface area contributed by atoms with E-state index >= 15 is 0 Å². The van der Waals surface area contributed by atoms with Gasteiger partial charge in [-0.2, -0.15) is 0 Å². The largest absolute Gasteiger partial charge is 0.472 e. The van der Waals surface area contributed by atoms with Gasteiger partial charge < -0.3 is 19.8 Å². The molecular weight excluding hydrogens is 852 g/mol. The van der Waals surface area contributed by atoms with Crippen LogP contribution in [0, 0.1) is 0 Å². The molecule has 1 amide bonds. The summed E-state index contributed by atoms with van der Waals surface area (Å²) in [5, 5.41) is 13.8. The van der Waals surface area contributed by atoms with Crippen LogP contribution in [0.2, 0.25) is 0 Å². The number of phosphoric acid groups is 1. The lowest BCUT2D eigenvalue weighted by Gasteiger charge is -2.25. The maximum absolute atomic E-state index is 12.9. The number of carbonyl (C=O) groups excluding carboxylic acids is 1. The van der Waals surface area contributed by atoms with Crippen molar-refractivity contribution in [3.05, 3.63) is 134 Å². The second-order valence-electron chi connectivity index (χ2n) is 18.1. The van der Waals surface area contributed by atoms with E-state index in [1.165, 1.54) is 44.9 Å². The number of allylic oxidation sites excluding steroid dienone is 21. The van der Waals surface area contributed by atoms with E-state index in [-0.39, 0.29) is 19.1 Å². The Balaban J connectivity index is 4.13. The Bertz CT molecular complexity index is 1540. The van der Waals surface area contributed by atoms with Crippen LogP contribution in [0.1, 0.15) is 174 Å². The minimum atomic E-state index is -4.36. The summed E-state index contributed by atoms with van der Waals surface area (Å²) >= 11 is 0. The number of nitrogens with zero attached hydrogens (tertiary/aromatic N) is 1. The highest BCUT2D eigenvalue weighted by molar-refractivity contribution is 7.47. The number of phosphoric ester groups is 1. The van der Waals surface area contributed by atoms with Gasteiger partial charge in [-0.1, -0.05) is 199 Å². The van der Waals surface area contributed by atoms with Gasteiger partial charge >= 0.3 is 7.82 Å². The Morgan fingerprint density at radius 1 is 0.507 bits per heavy atom. The zero-order chi connectivity index (χ0) is 49.2. The third-order valence-corrected chi connectivity index (χ3v) is 11.6. The van der Waals surface area contributed by atoms with Gasteiger partial charge in [-0.25, -0.2) is 4.57 Å². The summed E-state index contributed by atoms with van der Waals surface area (Å²) in [5.74, 6) is -0.206. The predicted octanol–water partition coefficient (Wildman–Crippen LogP) is 15.6. The number of unbranched alkanes of at least 4 members (excludes halogenated alkanes) is 12. The van der Waals surface area contributed by atoms with E-state index < -0.39 is 20.0 Å². The highest BCUT2D eigenvalue weighted by atomic mass is 31.2. The van der Waals surface area contributed by atoms with E-state index in [0.717, 1.165) is 109 Å². The quantitative estimate of drug-likeness (QED) is 0.0243. The molecule has 0 saturated carbocycles. The first kappa shape index (κ1) is 63.6. The van der Waals surface area contributed by atoms with Crippen LogP contribution in [-0.2, 0) is 18.4 Å². The molecule has 9 heteroatoms. The van der Waals surface area contributed by atoms with Crippen LogP contribution in [0.4, 0.5) is 0 Å². The predicted molar refractivity (Wildman–Crippen MR) is 290 cm³/mol. The molecule has 67 heavy (non-hydrogen) atoms. The number of carbonyl (C=O) groups is 1. The molecule has 0 rings (SSSR count). The molecule has 3 atom stereocenters. The lowest BCUT2D eigenvalue weighted by molar-refractivity contribution is -0.870. The van der Waals surface area contributed by atoms with Gasteiger partial charge in [0, 0.05) is 6.42 Å². The van der Waals surface area contributed by atoms with Gasteiger partial charge in [0.2, 0.25) is 5.91 Å². The van der Waals surface area contributed by atoms with Crippen LogP contribution in [-0.4, -0.2) is 73.4 Å². The van der Waals surface area contributed by atoms with Gasteiger partial charge in [0.15, 0.2) is 0 Å². The first-order valence-electron chi connectivity index (χ1n) is 26.1. The van der Waals surface area contributed by atoms with Crippen LogP contribution in [0.25, 0.3) is 0 Å². The maximum atomic E-state index is 12.9. The molecule has 3 N–H and O–H groups in total. The number of quaternary nitrogens is 1. The molecule has 8 nitrogen and oxygen atoms in total. The van der Waals surface area contributed by atoms with Crippen LogP contribution in [0.3, 0.4) is 0 Å². The van der Waals surface area contributed by atoms with Crippen molar-refractivity contribution < 1.29 is 32.9 Å². The molecule has 0 aliphatic heterocycles. The minimum Gasteiger partial charge on any atom is -0.387 e. The Hall–Kier alpha value is -3.36. The van der Waals surface area contributed by atoms with Crippen molar-refractivity contribution in [1.82, 2.24) is 5.32 Å². The molecule has 0 aromatic rings. The smallest absolute Gasteiger partial charge is 0.387 e. The van der Waals surface area contributed by atoms with Crippen LogP contribution in [0.15, 0.2) is 134 Å². The van der Waals surface area contributed by atoms with Crippen molar-refractivity contribution in [2.75, 3.05) is 40.9 Å². The van der Waals surface area contributed by atoms with Crippen molar-refractivity contribution in [1.29, 1.82) is 0 Å². The van der Waals surface area contributed by atoms with E-state index in [1.54, 1.807) is 6.08 Å². The normalized spacial score (nSPS) is 15.1. The fourth-order valence-corrected chi connectivity index (χ4v) is 7.30. The Labute approximate surface area is 411 Å². The Kier molecular flexibility index (Phi) is 45.3. The monoisotopic (exact) mass is 950 g/mol. The van der Waals surface area contributed by atoms with E-state index in [1.807, 2.05) is 27.2 Å². The molecule has 0 heterocycles. The van der Waals surface area contributed by atoms with E-state index in [0.29, 0.717) is 17.4 Å². The Morgan fingerprint density at radius 3 is 1.31 bits per heavy atom. The molecular formula is C58H98N2O6P+. The van der Waals surface area contributed by atoms with Gasteiger partial charge in [-0.15, -0.1) is 0 Å². The third kappa shape index (κ3) is 50.3. The van der Waals surface area contributed by atoms with Gasteiger partial charge in [0.05, 0.1) is 39.9 Å². The van der Waals surface area contributed by atoms with Crippen molar-refractivity contribution in [3.63, 3.8) is 0 Å². The summed E-state index contributed by atoms with van der Waals surface area (Å²) in [7, 11) is 1.52. The Morgan fingerprint density at radius 2 is 0.866 bits per heavy atom. The summed E-state index contributed by atoms with van der Waals surface area (Å²) < 4.78 is 23.5. The lowest BCUT2D eigenvalue weighted by atomic mass is 10.0. The molecule has 0 fully saturated rings. The molecule has 0 radical (unpaired) electrons. The maximum Gasteiger partial charge on any atom is 0.472 e. The lowest BCUT2D eigenvalue weighted by Crippen LogP contribution is -2.45. The van der Waals surface area contributed by atoms with Crippen molar-refractivity contribution >= 4 is 13.7 Å². The van der Waals surface area contributed by atoms with Crippen LogP contribution in [0.5, 0.6) is 0 Å². The summed E-state index contributed by atoms with van der Waals surface area (Å²) in [5.41, 5.74) is 0. The fourth-order valence-electron chi connectivity index (χ4n) is 6.56. The van der Waals surface area contributed by atoms with E-state index in [2.05, 4.69) is 141 Å². The van der Waals surface area contributed by atoms with Crippen LogP contribution >= 0.6 is 7.82 Å².